The highest BCUT2D eigenvalue weighted by Crippen LogP contribution is 2.39. The Morgan fingerprint density at radius 2 is 1.74 bits per heavy atom. The van der Waals surface area contributed by atoms with Gasteiger partial charge in [0.05, 0.1) is 11.3 Å². The number of aromatic nitrogens is 1. The van der Waals surface area contributed by atoms with Crippen molar-refractivity contribution < 1.29 is 32.6 Å². The average molecular weight is 562 g/mol. The molecule has 0 spiro atoms. The van der Waals surface area contributed by atoms with Gasteiger partial charge < -0.3 is 9.84 Å². The van der Waals surface area contributed by atoms with Crippen molar-refractivity contribution in [3.8, 4) is 16.3 Å². The molecule has 0 aliphatic carbocycles. The van der Waals surface area contributed by atoms with Crippen molar-refractivity contribution in [2.75, 3.05) is 0 Å². The van der Waals surface area contributed by atoms with Crippen molar-refractivity contribution in [1.29, 1.82) is 0 Å². The first-order chi connectivity index (χ1) is 18.3. The number of alkyl halides is 3. The molecule has 39 heavy (non-hydrogen) atoms. The summed E-state index contributed by atoms with van der Waals surface area (Å²) in [6.07, 6.45) is 0.623. The first-order valence-electron chi connectivity index (χ1n) is 13.0. The van der Waals surface area contributed by atoms with E-state index in [4.69, 9.17) is 4.74 Å². The van der Waals surface area contributed by atoms with Crippen LogP contribution in [0.3, 0.4) is 0 Å². The van der Waals surface area contributed by atoms with E-state index >= 15 is 0 Å². The number of ether oxygens (including phenoxy) is 1. The quantitative estimate of drug-likeness (QED) is 0.168. The number of carbonyl (C=O) groups excluding carboxylic acids is 1. The lowest BCUT2D eigenvalue weighted by Gasteiger charge is -2.23. The topological polar surface area (TPSA) is 76.5 Å². The highest BCUT2D eigenvalue weighted by Gasteiger charge is 2.34. The predicted octanol–water partition coefficient (Wildman–Crippen LogP) is 8.32. The number of carboxylic acids is 1. The van der Waals surface area contributed by atoms with E-state index in [9.17, 15) is 27.9 Å². The molecule has 3 rings (SSSR count). The molecule has 0 bridgehead atoms. The number of carboxylic acid groups (broad SMARTS) is 1. The standard InChI is InChI=1S/C30H34F3NO4S/c1-5-6-7-8-13-23-26(39-27(34-23)21-11-9-10-12-22(21)30(31,32)33)17-16-24(35)20-15-14-19(2)25(18-20)38-29(3,4)28(36)37/h9-12,14-15,18H,5-8,13,16-17H2,1-4H3,(H,36,37). The summed E-state index contributed by atoms with van der Waals surface area (Å²) >= 11 is 1.21. The Labute approximate surface area is 231 Å². The number of rotatable bonds is 13. The second-order valence-corrected chi connectivity index (χ2v) is 11.1. The zero-order valence-electron chi connectivity index (χ0n) is 22.7. The van der Waals surface area contributed by atoms with Gasteiger partial charge in [-0.2, -0.15) is 13.2 Å². The van der Waals surface area contributed by atoms with Crippen LogP contribution in [0.15, 0.2) is 42.5 Å². The summed E-state index contributed by atoms with van der Waals surface area (Å²) in [6, 6.07) is 10.3. The third-order valence-electron chi connectivity index (χ3n) is 6.48. The Kier molecular flexibility index (Phi) is 9.93. The Morgan fingerprint density at radius 1 is 1.03 bits per heavy atom. The fraction of sp³-hybridized carbons (Fsp3) is 0.433. The third kappa shape index (κ3) is 7.91. The molecular weight excluding hydrogens is 527 g/mol. The number of aryl methyl sites for hydroxylation is 3. The van der Waals surface area contributed by atoms with Crippen molar-refractivity contribution in [3.05, 3.63) is 69.7 Å². The lowest BCUT2D eigenvalue weighted by Crippen LogP contribution is -2.38. The third-order valence-corrected chi connectivity index (χ3v) is 7.67. The van der Waals surface area contributed by atoms with Crippen LogP contribution in [0.4, 0.5) is 13.2 Å². The maximum Gasteiger partial charge on any atom is 0.417 e. The molecule has 5 nitrogen and oxygen atoms in total. The maximum atomic E-state index is 13.7. The molecule has 0 saturated carbocycles. The molecule has 210 valence electrons. The Hall–Kier alpha value is -3.20. The van der Waals surface area contributed by atoms with E-state index in [0.717, 1.165) is 42.3 Å². The number of carbonyl (C=O) groups is 2. The summed E-state index contributed by atoms with van der Waals surface area (Å²) in [5, 5.41) is 9.69. The summed E-state index contributed by atoms with van der Waals surface area (Å²) in [7, 11) is 0. The highest BCUT2D eigenvalue weighted by atomic mass is 32.1. The molecule has 9 heteroatoms. The predicted molar refractivity (Wildman–Crippen MR) is 147 cm³/mol. The van der Waals surface area contributed by atoms with Crippen LogP contribution >= 0.6 is 11.3 Å². The van der Waals surface area contributed by atoms with Gasteiger partial charge in [0.15, 0.2) is 11.4 Å². The number of unbranched alkanes of at least 4 members (excludes halogenated alkanes) is 3. The number of halogens is 3. The maximum absolute atomic E-state index is 13.7. The van der Waals surface area contributed by atoms with Gasteiger partial charge in [-0.15, -0.1) is 11.3 Å². The lowest BCUT2D eigenvalue weighted by atomic mass is 10.0. The van der Waals surface area contributed by atoms with Crippen molar-refractivity contribution in [2.45, 2.75) is 84.4 Å². The second kappa shape index (κ2) is 12.8. The van der Waals surface area contributed by atoms with Crippen LogP contribution in [0.2, 0.25) is 0 Å². The smallest absolute Gasteiger partial charge is 0.417 e. The molecule has 1 aromatic heterocycles. The first kappa shape index (κ1) is 30.3. The summed E-state index contributed by atoms with van der Waals surface area (Å²) in [5.74, 6) is -0.984. The van der Waals surface area contributed by atoms with E-state index in [1.807, 2.05) is 0 Å². The number of nitrogens with zero attached hydrogens (tertiary/aromatic N) is 1. The molecule has 0 atom stereocenters. The van der Waals surface area contributed by atoms with Gasteiger partial charge in [0.1, 0.15) is 10.8 Å². The van der Waals surface area contributed by atoms with Crippen molar-refractivity contribution >= 4 is 23.1 Å². The monoisotopic (exact) mass is 561 g/mol. The van der Waals surface area contributed by atoms with Gasteiger partial charge in [0, 0.05) is 22.4 Å². The molecular formula is C30H34F3NO4S. The molecule has 1 heterocycles. The number of aliphatic carboxylic acids is 1. The fourth-order valence-electron chi connectivity index (χ4n) is 4.10. The molecule has 0 fully saturated rings. The lowest BCUT2D eigenvalue weighted by molar-refractivity contribution is -0.152. The minimum Gasteiger partial charge on any atom is -0.478 e. The fourth-order valence-corrected chi connectivity index (χ4v) is 5.25. The van der Waals surface area contributed by atoms with E-state index in [2.05, 4.69) is 11.9 Å². The van der Waals surface area contributed by atoms with Gasteiger partial charge in [-0.05, 0) is 57.7 Å². The van der Waals surface area contributed by atoms with E-state index in [1.54, 1.807) is 31.2 Å². The van der Waals surface area contributed by atoms with Gasteiger partial charge in [-0.25, -0.2) is 9.78 Å². The van der Waals surface area contributed by atoms with Crippen LogP contribution in [-0.4, -0.2) is 27.4 Å². The molecule has 0 saturated heterocycles. The number of Topliss-reactive ketones (excluding diaryl/α,β-unsaturated/α-hetero) is 1. The first-order valence-corrected chi connectivity index (χ1v) is 13.9. The minimum absolute atomic E-state index is 0.0451. The van der Waals surface area contributed by atoms with Crippen molar-refractivity contribution in [1.82, 2.24) is 4.98 Å². The summed E-state index contributed by atoms with van der Waals surface area (Å²) in [4.78, 5) is 30.0. The van der Waals surface area contributed by atoms with Crippen LogP contribution in [0.5, 0.6) is 5.75 Å². The number of benzene rings is 2. The normalized spacial score (nSPS) is 12.0. The Balaban J connectivity index is 1.85. The number of ketones is 1. The highest BCUT2D eigenvalue weighted by molar-refractivity contribution is 7.15. The van der Waals surface area contributed by atoms with Crippen LogP contribution in [-0.2, 0) is 23.8 Å². The molecule has 0 aliphatic heterocycles. The van der Waals surface area contributed by atoms with Crippen LogP contribution in [0.25, 0.3) is 10.6 Å². The van der Waals surface area contributed by atoms with Gasteiger partial charge in [-0.3, -0.25) is 4.79 Å². The largest absolute Gasteiger partial charge is 0.478 e. The van der Waals surface area contributed by atoms with Gasteiger partial charge in [-0.1, -0.05) is 56.5 Å². The van der Waals surface area contributed by atoms with E-state index in [-0.39, 0.29) is 17.8 Å². The second-order valence-electron chi connectivity index (χ2n) is 10.1. The van der Waals surface area contributed by atoms with E-state index in [1.165, 1.54) is 37.3 Å². The Morgan fingerprint density at radius 3 is 2.41 bits per heavy atom. The number of hydrogen-bond donors (Lipinski definition) is 1. The zero-order chi connectivity index (χ0) is 28.8. The minimum atomic E-state index is -4.50. The van der Waals surface area contributed by atoms with Crippen molar-refractivity contribution in [2.24, 2.45) is 0 Å². The molecule has 0 aliphatic rings. The summed E-state index contributed by atoms with van der Waals surface area (Å²) in [5.41, 5.74) is -0.324. The Bertz CT molecular complexity index is 1310. The number of thiazole rings is 1. The van der Waals surface area contributed by atoms with E-state index < -0.39 is 23.3 Å². The average Bonchev–Trinajstić information content (AvgIpc) is 3.28. The molecule has 0 amide bonds. The molecule has 2 aromatic carbocycles. The van der Waals surface area contributed by atoms with Crippen LogP contribution in [0, 0.1) is 6.92 Å². The number of hydrogen-bond acceptors (Lipinski definition) is 5. The molecule has 1 N–H and O–H groups in total. The van der Waals surface area contributed by atoms with Gasteiger partial charge in [0.25, 0.3) is 0 Å². The zero-order valence-corrected chi connectivity index (χ0v) is 23.5. The molecule has 0 radical (unpaired) electrons. The summed E-state index contributed by atoms with van der Waals surface area (Å²) < 4.78 is 46.7. The summed E-state index contributed by atoms with van der Waals surface area (Å²) in [6.45, 7) is 6.74. The van der Waals surface area contributed by atoms with Gasteiger partial charge >= 0.3 is 12.1 Å². The van der Waals surface area contributed by atoms with Crippen LogP contribution in [0.1, 0.15) is 84.9 Å². The molecule has 3 aromatic rings. The van der Waals surface area contributed by atoms with E-state index in [0.29, 0.717) is 34.7 Å². The van der Waals surface area contributed by atoms with Gasteiger partial charge in [0.2, 0.25) is 0 Å². The van der Waals surface area contributed by atoms with Crippen LogP contribution < -0.4 is 4.74 Å². The molecule has 0 unspecified atom stereocenters. The van der Waals surface area contributed by atoms with Crippen molar-refractivity contribution in [3.63, 3.8) is 0 Å². The SMILES string of the molecule is CCCCCCc1nc(-c2ccccc2C(F)(F)F)sc1CCC(=O)c1ccc(C)c(OC(C)(C)C(=O)O)c1.